The number of carboxylic acid groups (broad SMARTS) is 1. The van der Waals surface area contributed by atoms with Crippen LogP contribution in [-0.4, -0.2) is 39.7 Å². The van der Waals surface area contributed by atoms with Crippen molar-refractivity contribution in [2.75, 3.05) is 13.1 Å². The van der Waals surface area contributed by atoms with Crippen LogP contribution in [0.15, 0.2) is 35.9 Å². The van der Waals surface area contributed by atoms with Crippen LogP contribution < -0.4 is 0 Å². The first kappa shape index (κ1) is 13.4. The number of H-pyrrole nitrogens is 1. The third-order valence-electron chi connectivity index (χ3n) is 6.57. The van der Waals surface area contributed by atoms with Crippen LogP contribution in [0.1, 0.15) is 30.6 Å². The van der Waals surface area contributed by atoms with Gasteiger partial charge in [-0.1, -0.05) is 24.3 Å². The molecule has 4 heteroatoms. The number of quaternary nitrogens is 1. The van der Waals surface area contributed by atoms with Gasteiger partial charge in [-0.2, -0.15) is 0 Å². The minimum Gasteiger partial charge on any atom is -0.477 e. The molecule has 4 heterocycles. The zero-order chi connectivity index (χ0) is 15.8. The molecule has 2 aromatic rings. The molecule has 3 aliphatic heterocycles. The van der Waals surface area contributed by atoms with Crippen molar-refractivity contribution in [2.45, 2.75) is 31.8 Å². The van der Waals surface area contributed by atoms with E-state index < -0.39 is 5.97 Å². The Balaban J connectivity index is 1.70. The predicted octanol–water partition coefficient (Wildman–Crippen LogP) is 3.01. The van der Waals surface area contributed by atoms with Crippen molar-refractivity contribution in [3.05, 3.63) is 47.2 Å². The molecule has 4 atom stereocenters. The summed E-state index contributed by atoms with van der Waals surface area (Å²) in [6.45, 7) is 3.92. The third-order valence-corrected chi connectivity index (χ3v) is 6.57. The number of aliphatic carboxylic acids is 1. The fraction of sp³-hybridized carbons (Fsp3) is 0.421. The van der Waals surface area contributed by atoms with Crippen molar-refractivity contribution in [3.63, 3.8) is 0 Å². The van der Waals surface area contributed by atoms with E-state index in [4.69, 9.17) is 0 Å². The Hall–Kier alpha value is -2.07. The van der Waals surface area contributed by atoms with Crippen LogP contribution in [0.5, 0.6) is 0 Å². The summed E-state index contributed by atoms with van der Waals surface area (Å²) in [5.74, 6) is -0.409. The van der Waals surface area contributed by atoms with E-state index in [1.54, 1.807) is 0 Å². The Morgan fingerprint density at radius 1 is 1.39 bits per heavy atom. The maximum Gasteiger partial charge on any atom is 0.363 e. The van der Waals surface area contributed by atoms with E-state index in [0.29, 0.717) is 6.04 Å². The number of fused-ring (bicyclic) bond motifs is 5. The molecule has 0 amide bonds. The first-order chi connectivity index (χ1) is 11.2. The molecule has 1 aromatic carbocycles. The van der Waals surface area contributed by atoms with Crippen LogP contribution in [0.3, 0.4) is 0 Å². The normalized spacial score (nSPS) is 36.4. The third kappa shape index (κ3) is 1.47. The minimum absolute atomic E-state index is 0.208. The van der Waals surface area contributed by atoms with Crippen LogP contribution in [0, 0.1) is 5.92 Å². The van der Waals surface area contributed by atoms with Crippen molar-refractivity contribution in [1.29, 1.82) is 0 Å². The maximum absolute atomic E-state index is 12.0. The highest BCUT2D eigenvalue weighted by Gasteiger charge is 2.66. The number of para-hydroxylation sites is 1. The lowest BCUT2D eigenvalue weighted by Crippen LogP contribution is -2.57. The van der Waals surface area contributed by atoms with Gasteiger partial charge in [-0.05, 0) is 24.1 Å². The summed E-state index contributed by atoms with van der Waals surface area (Å²) in [4.78, 5) is 15.6. The minimum atomic E-state index is -0.617. The zero-order valence-corrected chi connectivity index (χ0v) is 13.2. The molecule has 3 aliphatic rings. The molecule has 23 heavy (non-hydrogen) atoms. The Morgan fingerprint density at radius 2 is 2.22 bits per heavy atom. The number of rotatable bonds is 1. The zero-order valence-electron chi connectivity index (χ0n) is 13.2. The molecule has 1 unspecified atom stereocenters. The van der Waals surface area contributed by atoms with Crippen LogP contribution in [0.25, 0.3) is 10.9 Å². The smallest absolute Gasteiger partial charge is 0.363 e. The summed E-state index contributed by atoms with van der Waals surface area (Å²) in [5, 5.41) is 11.2. The summed E-state index contributed by atoms with van der Waals surface area (Å²) in [6, 6.07) is 8.54. The monoisotopic (exact) mass is 309 g/mol. The van der Waals surface area contributed by atoms with E-state index in [0.717, 1.165) is 30.4 Å². The Kier molecular flexibility index (Phi) is 2.48. The number of piperidine rings is 1. The Labute approximate surface area is 135 Å². The second-order valence-corrected chi connectivity index (χ2v) is 7.30. The number of aromatic amines is 1. The van der Waals surface area contributed by atoms with Gasteiger partial charge in [0.2, 0.25) is 0 Å². The number of hydrogen-bond acceptors (Lipinski definition) is 1. The second kappa shape index (κ2) is 4.26. The number of benzene rings is 1. The Bertz CT molecular complexity index is 865. The van der Waals surface area contributed by atoms with E-state index in [2.05, 4.69) is 42.2 Å². The predicted molar refractivity (Wildman–Crippen MR) is 88.0 cm³/mol. The van der Waals surface area contributed by atoms with Crippen molar-refractivity contribution >= 4 is 16.9 Å². The van der Waals surface area contributed by atoms with Crippen LogP contribution >= 0.6 is 0 Å². The highest BCUT2D eigenvalue weighted by molar-refractivity contribution is 5.85. The van der Waals surface area contributed by atoms with Crippen molar-refractivity contribution in [2.24, 2.45) is 5.92 Å². The summed E-state index contributed by atoms with van der Waals surface area (Å²) in [6.07, 6.45) is 4.10. The lowest BCUT2D eigenvalue weighted by Gasteiger charge is -2.44. The average Bonchev–Trinajstić information content (AvgIpc) is 3.18. The number of nitrogens with zero attached hydrogens (tertiary/aromatic N) is 1. The number of carbonyl (C=O) groups is 1. The standard InChI is InChI=1S/C19H20N2O2/c1-2-11-10-21-8-7-13-12-5-3-4-6-15(12)20-17(13)16(21)9-14(11)18(21)19(22)23/h2-6,14,16,18,20H,7-10H2,1H3/p+1/b11-2-/t14-,16-,18-,21?/m0/s1. The molecule has 1 aromatic heterocycles. The molecule has 2 saturated heterocycles. The molecule has 118 valence electrons. The average molecular weight is 309 g/mol. The van der Waals surface area contributed by atoms with Gasteiger partial charge in [0.15, 0.2) is 6.04 Å². The molecule has 2 bridgehead atoms. The summed E-state index contributed by atoms with van der Waals surface area (Å²) in [7, 11) is 0. The molecule has 2 fully saturated rings. The van der Waals surface area contributed by atoms with E-state index in [-0.39, 0.29) is 12.0 Å². The van der Waals surface area contributed by atoms with Crippen LogP contribution in [0.4, 0.5) is 0 Å². The van der Waals surface area contributed by atoms with Gasteiger partial charge in [0.25, 0.3) is 0 Å². The fourth-order valence-electron chi connectivity index (χ4n) is 5.69. The summed E-state index contributed by atoms with van der Waals surface area (Å²) >= 11 is 0. The number of allylic oxidation sites excluding steroid dienone is 1. The molecule has 0 radical (unpaired) electrons. The lowest BCUT2D eigenvalue weighted by molar-refractivity contribution is -0.951. The van der Waals surface area contributed by atoms with Gasteiger partial charge >= 0.3 is 5.97 Å². The SMILES string of the molecule is C/C=C1/C[N+]23CCc4c([nH]c5ccccc45)[C@@H]2C[C@@H]1[C@H]3C(=O)O. The van der Waals surface area contributed by atoms with Crippen LogP contribution in [0.2, 0.25) is 0 Å². The van der Waals surface area contributed by atoms with Crippen LogP contribution in [-0.2, 0) is 11.2 Å². The van der Waals surface area contributed by atoms with Crippen molar-refractivity contribution in [3.8, 4) is 0 Å². The molecule has 0 aliphatic carbocycles. The number of carboxylic acids is 1. The first-order valence-corrected chi connectivity index (χ1v) is 8.49. The summed E-state index contributed by atoms with van der Waals surface area (Å²) in [5.41, 5.74) is 5.28. The second-order valence-electron chi connectivity index (χ2n) is 7.30. The topological polar surface area (TPSA) is 53.1 Å². The first-order valence-electron chi connectivity index (χ1n) is 8.49. The molecule has 4 nitrogen and oxygen atoms in total. The molecular formula is C19H21N2O2+. The van der Waals surface area contributed by atoms with Gasteiger partial charge in [0, 0.05) is 23.7 Å². The highest BCUT2D eigenvalue weighted by atomic mass is 16.4. The van der Waals surface area contributed by atoms with Crippen molar-refractivity contribution in [1.82, 2.24) is 4.98 Å². The van der Waals surface area contributed by atoms with Gasteiger partial charge in [-0.25, -0.2) is 4.79 Å². The maximum atomic E-state index is 12.0. The van der Waals surface area contributed by atoms with Gasteiger partial charge in [0.05, 0.1) is 18.2 Å². The largest absolute Gasteiger partial charge is 0.477 e. The number of nitrogens with one attached hydrogen (secondary N) is 1. The molecule has 2 N–H and O–H groups in total. The van der Waals surface area contributed by atoms with E-state index in [9.17, 15) is 9.90 Å². The number of hydrogen-bond donors (Lipinski definition) is 2. The van der Waals surface area contributed by atoms with Gasteiger partial charge in [-0.3, -0.25) is 0 Å². The fourth-order valence-corrected chi connectivity index (χ4v) is 5.69. The number of aromatic nitrogens is 1. The van der Waals surface area contributed by atoms with Gasteiger partial charge in [-0.15, -0.1) is 0 Å². The highest BCUT2D eigenvalue weighted by Crippen LogP contribution is 2.58. The molecule has 1 spiro atoms. The van der Waals surface area contributed by atoms with Crippen molar-refractivity contribution < 1.29 is 14.4 Å². The van der Waals surface area contributed by atoms with E-state index >= 15 is 0 Å². The molecular weight excluding hydrogens is 288 g/mol. The summed E-state index contributed by atoms with van der Waals surface area (Å²) < 4.78 is 0.736. The van der Waals surface area contributed by atoms with Gasteiger partial charge in [0.1, 0.15) is 12.6 Å². The van der Waals surface area contributed by atoms with E-state index in [1.165, 1.54) is 27.7 Å². The molecule has 5 rings (SSSR count). The van der Waals surface area contributed by atoms with Gasteiger partial charge < -0.3 is 14.6 Å². The lowest BCUT2D eigenvalue weighted by atomic mass is 9.87. The Morgan fingerprint density at radius 3 is 3.00 bits per heavy atom. The molecule has 0 saturated carbocycles. The quantitative estimate of drug-likeness (QED) is 0.628. The van der Waals surface area contributed by atoms with E-state index in [1.807, 2.05) is 0 Å².